The van der Waals surface area contributed by atoms with Crippen molar-refractivity contribution < 1.29 is 28.2 Å². The van der Waals surface area contributed by atoms with Crippen molar-refractivity contribution in [3.63, 3.8) is 0 Å². The monoisotopic (exact) mass is 425 g/mol. The van der Waals surface area contributed by atoms with Gasteiger partial charge in [-0.25, -0.2) is 9.59 Å². The first-order valence-corrected chi connectivity index (χ1v) is 10.2. The Kier molecular flexibility index (Phi) is 6.84. The highest BCUT2D eigenvalue weighted by atomic mass is 16.5. The van der Waals surface area contributed by atoms with Crippen molar-refractivity contribution in [3.05, 3.63) is 71.0 Å². The van der Waals surface area contributed by atoms with Gasteiger partial charge in [0.1, 0.15) is 11.5 Å². The van der Waals surface area contributed by atoms with Crippen LogP contribution in [0.3, 0.4) is 0 Å². The molecule has 0 aliphatic carbocycles. The van der Waals surface area contributed by atoms with Crippen LogP contribution in [-0.4, -0.2) is 32.3 Å². The fraction of sp³-hybridized carbons (Fsp3) is 0.333. The summed E-state index contributed by atoms with van der Waals surface area (Å²) in [6, 6.07) is 10.8. The van der Waals surface area contributed by atoms with Gasteiger partial charge < -0.3 is 23.5 Å². The molecular formula is C24H27NO6. The summed E-state index contributed by atoms with van der Waals surface area (Å²) in [5.74, 6) is -0.570. The number of hydrogen-bond acceptors (Lipinski definition) is 7. The molecule has 1 aliphatic rings. The van der Waals surface area contributed by atoms with Gasteiger partial charge in [0.25, 0.3) is 0 Å². The number of furan rings is 1. The lowest BCUT2D eigenvalue weighted by Crippen LogP contribution is -2.35. The van der Waals surface area contributed by atoms with Crippen LogP contribution < -0.4 is 9.64 Å². The molecule has 0 saturated heterocycles. The zero-order chi connectivity index (χ0) is 22.5. The van der Waals surface area contributed by atoms with Crippen molar-refractivity contribution in [1.82, 2.24) is 0 Å². The minimum atomic E-state index is -0.734. The molecule has 2 aromatic rings. The zero-order valence-corrected chi connectivity index (χ0v) is 18.4. The number of hydrogen-bond donors (Lipinski definition) is 0. The van der Waals surface area contributed by atoms with Crippen molar-refractivity contribution in [2.75, 3.05) is 25.2 Å². The quantitative estimate of drug-likeness (QED) is 0.602. The van der Waals surface area contributed by atoms with Gasteiger partial charge >= 0.3 is 11.9 Å². The summed E-state index contributed by atoms with van der Waals surface area (Å²) >= 11 is 0. The SMILES string of the molecule is CCOC(=O)C1=C(C)N(c2ccc(OC)cc2)C(C)=C(C(=O)OCC)C1c1ccco1. The van der Waals surface area contributed by atoms with Gasteiger partial charge in [-0.15, -0.1) is 0 Å². The molecule has 0 saturated carbocycles. The van der Waals surface area contributed by atoms with Crippen molar-refractivity contribution in [2.24, 2.45) is 0 Å². The van der Waals surface area contributed by atoms with Crippen LogP contribution in [0.2, 0.25) is 0 Å². The van der Waals surface area contributed by atoms with E-state index < -0.39 is 17.9 Å². The molecule has 0 unspecified atom stereocenters. The van der Waals surface area contributed by atoms with Gasteiger partial charge in [-0.1, -0.05) is 0 Å². The van der Waals surface area contributed by atoms with E-state index in [1.54, 1.807) is 33.1 Å². The number of rotatable bonds is 7. The Hall–Kier alpha value is -3.48. The third-order valence-corrected chi connectivity index (χ3v) is 5.18. The number of benzene rings is 1. The fourth-order valence-electron chi connectivity index (χ4n) is 3.86. The number of esters is 2. The van der Waals surface area contributed by atoms with Crippen LogP contribution >= 0.6 is 0 Å². The molecule has 164 valence electrons. The van der Waals surface area contributed by atoms with E-state index >= 15 is 0 Å². The van der Waals surface area contributed by atoms with Crippen LogP contribution in [0.4, 0.5) is 5.69 Å². The number of nitrogens with zero attached hydrogens (tertiary/aromatic N) is 1. The highest BCUT2D eigenvalue weighted by molar-refractivity contribution is 6.01. The maximum atomic E-state index is 13.1. The number of carbonyl (C=O) groups is 2. The average molecular weight is 425 g/mol. The molecule has 1 aromatic carbocycles. The first-order valence-electron chi connectivity index (χ1n) is 10.2. The van der Waals surface area contributed by atoms with E-state index in [9.17, 15) is 9.59 Å². The van der Waals surface area contributed by atoms with E-state index in [1.807, 2.05) is 43.0 Å². The van der Waals surface area contributed by atoms with Gasteiger partial charge in [0.15, 0.2) is 0 Å². The van der Waals surface area contributed by atoms with Crippen LogP contribution in [0.5, 0.6) is 5.75 Å². The standard InChI is InChI=1S/C24H27NO6/c1-6-29-23(26)20-15(3)25(17-10-12-18(28-5)13-11-17)16(4)21(24(27)30-7-2)22(20)19-9-8-14-31-19/h8-14,22H,6-7H2,1-5H3. The van der Waals surface area contributed by atoms with Crippen LogP contribution in [0.15, 0.2) is 69.6 Å². The summed E-state index contributed by atoms with van der Waals surface area (Å²) in [5, 5.41) is 0. The topological polar surface area (TPSA) is 78.2 Å². The van der Waals surface area contributed by atoms with Gasteiger partial charge in [-0.05, 0) is 64.1 Å². The van der Waals surface area contributed by atoms with E-state index in [2.05, 4.69) is 0 Å². The Morgan fingerprint density at radius 1 is 0.935 bits per heavy atom. The summed E-state index contributed by atoms with van der Waals surface area (Å²) < 4.78 is 21.6. The summed E-state index contributed by atoms with van der Waals surface area (Å²) in [6.07, 6.45) is 1.52. The number of anilines is 1. The molecule has 3 rings (SSSR count). The molecule has 2 heterocycles. The first kappa shape index (κ1) is 22.2. The Balaban J connectivity index is 2.26. The maximum Gasteiger partial charge on any atom is 0.336 e. The van der Waals surface area contributed by atoms with Crippen LogP contribution in [0.1, 0.15) is 39.4 Å². The molecule has 0 atom stereocenters. The zero-order valence-electron chi connectivity index (χ0n) is 18.4. The van der Waals surface area contributed by atoms with Crippen LogP contribution in [0.25, 0.3) is 0 Å². The molecule has 31 heavy (non-hydrogen) atoms. The molecule has 0 radical (unpaired) electrons. The Labute approximate surface area is 181 Å². The van der Waals surface area contributed by atoms with E-state index in [4.69, 9.17) is 18.6 Å². The average Bonchev–Trinajstić information content (AvgIpc) is 3.28. The molecule has 1 aliphatic heterocycles. The number of methoxy groups -OCH3 is 1. The predicted octanol–water partition coefficient (Wildman–Crippen LogP) is 4.57. The van der Waals surface area contributed by atoms with Crippen molar-refractivity contribution in [1.29, 1.82) is 0 Å². The molecule has 0 bridgehead atoms. The fourth-order valence-corrected chi connectivity index (χ4v) is 3.86. The second-order valence-corrected chi connectivity index (χ2v) is 6.92. The molecule has 7 heteroatoms. The van der Waals surface area contributed by atoms with Gasteiger partial charge in [-0.2, -0.15) is 0 Å². The smallest absolute Gasteiger partial charge is 0.336 e. The third kappa shape index (κ3) is 4.21. The van der Waals surface area contributed by atoms with Crippen LogP contribution in [0, 0.1) is 0 Å². The third-order valence-electron chi connectivity index (χ3n) is 5.18. The van der Waals surface area contributed by atoms with Gasteiger partial charge in [-0.3, -0.25) is 0 Å². The Bertz CT molecular complexity index is 959. The lowest BCUT2D eigenvalue weighted by Gasteiger charge is -2.37. The first-order chi connectivity index (χ1) is 14.9. The molecule has 0 spiro atoms. The van der Waals surface area contributed by atoms with E-state index in [0.29, 0.717) is 34.1 Å². The van der Waals surface area contributed by atoms with Crippen molar-refractivity contribution in [2.45, 2.75) is 33.6 Å². The molecular weight excluding hydrogens is 398 g/mol. The number of allylic oxidation sites excluding steroid dienone is 2. The Morgan fingerprint density at radius 2 is 1.48 bits per heavy atom. The molecule has 1 aromatic heterocycles. The number of ether oxygens (including phenoxy) is 3. The van der Waals surface area contributed by atoms with Gasteiger partial charge in [0.05, 0.1) is 43.7 Å². The molecule has 0 amide bonds. The van der Waals surface area contributed by atoms with Crippen molar-refractivity contribution in [3.8, 4) is 5.75 Å². The van der Waals surface area contributed by atoms with Crippen LogP contribution in [-0.2, 0) is 19.1 Å². The highest BCUT2D eigenvalue weighted by Crippen LogP contribution is 2.44. The molecule has 0 N–H and O–H groups in total. The lowest BCUT2D eigenvalue weighted by atomic mass is 9.82. The summed E-state index contributed by atoms with van der Waals surface area (Å²) in [5.41, 5.74) is 2.74. The van der Waals surface area contributed by atoms with E-state index in [0.717, 1.165) is 5.69 Å². The molecule has 7 nitrogen and oxygen atoms in total. The second-order valence-electron chi connectivity index (χ2n) is 6.92. The highest BCUT2D eigenvalue weighted by Gasteiger charge is 2.42. The van der Waals surface area contributed by atoms with Gasteiger partial charge in [0, 0.05) is 17.1 Å². The van der Waals surface area contributed by atoms with E-state index in [1.165, 1.54) is 6.26 Å². The second kappa shape index (κ2) is 9.55. The largest absolute Gasteiger partial charge is 0.497 e. The summed E-state index contributed by atoms with van der Waals surface area (Å²) in [7, 11) is 1.60. The Morgan fingerprint density at radius 3 is 1.90 bits per heavy atom. The number of carbonyl (C=O) groups excluding carboxylic acids is 2. The predicted molar refractivity (Wildman–Crippen MR) is 116 cm³/mol. The lowest BCUT2D eigenvalue weighted by molar-refractivity contribution is -0.139. The van der Waals surface area contributed by atoms with E-state index in [-0.39, 0.29) is 13.2 Å². The maximum absolute atomic E-state index is 13.1. The minimum absolute atomic E-state index is 0.209. The normalized spacial score (nSPS) is 14.7. The molecule has 0 fully saturated rings. The summed E-state index contributed by atoms with van der Waals surface area (Å²) in [4.78, 5) is 28.0. The van der Waals surface area contributed by atoms with Crippen molar-refractivity contribution >= 4 is 17.6 Å². The van der Waals surface area contributed by atoms with Gasteiger partial charge in [0.2, 0.25) is 0 Å². The summed E-state index contributed by atoms with van der Waals surface area (Å²) in [6.45, 7) is 7.57. The minimum Gasteiger partial charge on any atom is -0.497 e.